The predicted octanol–water partition coefficient (Wildman–Crippen LogP) is 7.42. The van der Waals surface area contributed by atoms with E-state index in [-0.39, 0.29) is 22.6 Å². The molecule has 2 aromatic carbocycles. The van der Waals surface area contributed by atoms with E-state index in [1.165, 1.54) is 47.2 Å². The van der Waals surface area contributed by atoms with E-state index in [2.05, 4.69) is 52.1 Å². The van der Waals surface area contributed by atoms with Crippen LogP contribution in [0.15, 0.2) is 52.9 Å². The second-order valence-electron chi connectivity index (χ2n) is 12.2. The molecule has 1 aliphatic rings. The van der Waals surface area contributed by atoms with Gasteiger partial charge in [0.2, 0.25) is 0 Å². The van der Waals surface area contributed by atoms with Crippen molar-refractivity contribution in [3.63, 3.8) is 0 Å². The molecule has 1 heterocycles. The lowest BCUT2D eigenvalue weighted by Crippen LogP contribution is -2.45. The smallest absolute Gasteiger partial charge is 0.287 e. The number of aryl methyl sites for hydroxylation is 1. The number of nitrogens with one attached hydrogen (secondary N) is 1. The number of amides is 1. The molecule has 1 aliphatic carbocycles. The summed E-state index contributed by atoms with van der Waals surface area (Å²) in [5.74, 6) is 0.584. The summed E-state index contributed by atoms with van der Waals surface area (Å²) >= 11 is 0. The van der Waals surface area contributed by atoms with Gasteiger partial charge in [-0.25, -0.2) is 4.39 Å². The largest absolute Gasteiger partial charge is 0.456 e. The van der Waals surface area contributed by atoms with Crippen LogP contribution in [-0.2, 0) is 23.7 Å². The normalized spacial score (nSPS) is 16.6. The van der Waals surface area contributed by atoms with Crippen LogP contribution in [0.2, 0.25) is 0 Å². The molecule has 4 heteroatoms. The average molecular weight is 476 g/mol. The lowest BCUT2D eigenvalue weighted by Gasteiger charge is -2.42. The Morgan fingerprint density at radius 2 is 1.57 bits per heavy atom. The first-order valence-corrected chi connectivity index (χ1v) is 12.6. The van der Waals surface area contributed by atoms with Gasteiger partial charge in [-0.15, -0.1) is 0 Å². The van der Waals surface area contributed by atoms with Crippen LogP contribution >= 0.6 is 0 Å². The summed E-state index contributed by atoms with van der Waals surface area (Å²) in [4.78, 5) is 12.9. The minimum Gasteiger partial charge on any atom is -0.456 e. The van der Waals surface area contributed by atoms with Crippen LogP contribution in [0.5, 0.6) is 0 Å². The fraction of sp³-hybridized carbons (Fsp3) is 0.452. The molecular weight excluding hydrogens is 437 g/mol. The van der Waals surface area contributed by atoms with Crippen molar-refractivity contribution in [3.8, 4) is 0 Å². The van der Waals surface area contributed by atoms with Gasteiger partial charge >= 0.3 is 0 Å². The third kappa shape index (κ3) is 5.52. The highest BCUT2D eigenvalue weighted by Crippen LogP contribution is 2.46. The number of rotatable bonds is 6. The van der Waals surface area contributed by atoms with Gasteiger partial charge in [-0.2, -0.15) is 0 Å². The van der Waals surface area contributed by atoms with Crippen LogP contribution in [0.4, 0.5) is 4.39 Å². The molecule has 0 fully saturated rings. The minimum absolute atomic E-state index is 0.150. The highest BCUT2D eigenvalue weighted by atomic mass is 19.1. The van der Waals surface area contributed by atoms with Gasteiger partial charge in [0.15, 0.2) is 5.76 Å². The predicted molar refractivity (Wildman–Crippen MR) is 140 cm³/mol. The molecule has 0 radical (unpaired) electrons. The van der Waals surface area contributed by atoms with E-state index in [1.54, 1.807) is 18.2 Å². The van der Waals surface area contributed by atoms with Crippen LogP contribution in [0.3, 0.4) is 0 Å². The van der Waals surface area contributed by atoms with Gasteiger partial charge in [0.05, 0.1) is 0 Å². The molecule has 0 unspecified atom stereocenters. The summed E-state index contributed by atoms with van der Waals surface area (Å²) in [5.41, 5.74) is 6.19. The van der Waals surface area contributed by atoms with Crippen LogP contribution in [-0.4, -0.2) is 11.4 Å². The Bertz CT molecular complexity index is 1230. The fourth-order valence-electron chi connectivity index (χ4n) is 5.27. The van der Waals surface area contributed by atoms with Crippen LogP contribution < -0.4 is 5.32 Å². The molecule has 1 amide bonds. The van der Waals surface area contributed by atoms with Gasteiger partial charge in [-0.1, -0.05) is 52.0 Å². The zero-order valence-electron chi connectivity index (χ0n) is 22.1. The van der Waals surface area contributed by atoms with Crippen molar-refractivity contribution in [1.29, 1.82) is 0 Å². The Morgan fingerprint density at radius 3 is 2.20 bits per heavy atom. The molecule has 35 heavy (non-hydrogen) atoms. The number of hydrogen-bond donors (Lipinski definition) is 1. The summed E-state index contributed by atoms with van der Waals surface area (Å²) in [6, 6.07) is 14.7. The lowest BCUT2D eigenvalue weighted by molar-refractivity contribution is 0.0883. The maximum atomic E-state index is 13.2. The van der Waals surface area contributed by atoms with E-state index in [1.807, 2.05) is 19.9 Å². The first kappa shape index (κ1) is 25.2. The summed E-state index contributed by atoms with van der Waals surface area (Å²) in [6.07, 6.45) is 3.61. The first-order valence-electron chi connectivity index (χ1n) is 12.6. The Kier molecular flexibility index (Phi) is 6.46. The second kappa shape index (κ2) is 8.96. The summed E-state index contributed by atoms with van der Waals surface area (Å²) in [7, 11) is 0. The molecule has 0 atom stereocenters. The Labute approximate surface area is 209 Å². The molecule has 3 nitrogen and oxygen atoms in total. The maximum absolute atomic E-state index is 13.2. The van der Waals surface area contributed by atoms with Crippen molar-refractivity contribution >= 4 is 5.91 Å². The molecular formula is C31H38FNO2. The SMILES string of the molecule is Cc1cc2c(cc1Cc1ccc(C(=O)NC(C)(C)Cc3ccc(F)cc3)o1)C(C)(C)CCC2(C)C. The van der Waals surface area contributed by atoms with Crippen molar-refractivity contribution in [2.75, 3.05) is 0 Å². The van der Waals surface area contributed by atoms with E-state index in [0.717, 1.165) is 11.3 Å². The molecule has 1 aromatic heterocycles. The standard InChI is InChI=1S/C31H38FNO2/c1-20-16-25-26(30(4,5)15-14-29(25,2)3)18-22(20)17-24-12-13-27(35-24)28(34)33-31(6,7)19-21-8-10-23(32)11-9-21/h8-13,16,18H,14-15,17,19H2,1-7H3,(H,33,34). The van der Waals surface area contributed by atoms with E-state index < -0.39 is 5.54 Å². The number of furan rings is 1. The number of carbonyl (C=O) groups excluding carboxylic acids is 1. The average Bonchev–Trinajstić information content (AvgIpc) is 3.23. The van der Waals surface area contributed by atoms with Crippen LogP contribution in [0.25, 0.3) is 0 Å². The monoisotopic (exact) mass is 475 g/mol. The van der Waals surface area contributed by atoms with Crippen LogP contribution in [0, 0.1) is 12.7 Å². The topological polar surface area (TPSA) is 42.2 Å². The molecule has 0 saturated carbocycles. The molecule has 1 N–H and O–H groups in total. The van der Waals surface area contributed by atoms with E-state index in [0.29, 0.717) is 18.6 Å². The third-order valence-electron chi connectivity index (χ3n) is 7.57. The lowest BCUT2D eigenvalue weighted by atomic mass is 9.62. The molecule has 3 aromatic rings. The highest BCUT2D eigenvalue weighted by molar-refractivity contribution is 5.92. The number of fused-ring (bicyclic) bond motifs is 1. The quantitative estimate of drug-likeness (QED) is 0.403. The Hall–Kier alpha value is -2.88. The summed E-state index contributed by atoms with van der Waals surface area (Å²) < 4.78 is 19.2. The molecule has 186 valence electrons. The number of hydrogen-bond acceptors (Lipinski definition) is 2. The first-order chi connectivity index (χ1) is 16.3. The minimum atomic E-state index is -0.505. The highest BCUT2D eigenvalue weighted by Gasteiger charge is 2.37. The van der Waals surface area contributed by atoms with Crippen molar-refractivity contribution in [2.45, 2.75) is 90.5 Å². The van der Waals surface area contributed by atoms with Gasteiger partial charge in [-0.3, -0.25) is 4.79 Å². The Morgan fingerprint density at radius 1 is 0.971 bits per heavy atom. The number of halogens is 1. The Balaban J connectivity index is 1.49. The second-order valence-corrected chi connectivity index (χ2v) is 12.2. The summed E-state index contributed by atoms with van der Waals surface area (Å²) in [5, 5.41) is 3.06. The van der Waals surface area contributed by atoms with Gasteiger partial charge < -0.3 is 9.73 Å². The molecule has 0 aliphatic heterocycles. The van der Waals surface area contributed by atoms with Gasteiger partial charge in [0, 0.05) is 12.0 Å². The van der Waals surface area contributed by atoms with Gasteiger partial charge in [0.1, 0.15) is 11.6 Å². The molecule has 0 bridgehead atoms. The zero-order chi connectivity index (χ0) is 25.6. The number of carbonyl (C=O) groups is 1. The number of benzene rings is 2. The third-order valence-corrected chi connectivity index (χ3v) is 7.57. The van der Waals surface area contributed by atoms with Crippen molar-refractivity contribution in [1.82, 2.24) is 5.32 Å². The zero-order valence-corrected chi connectivity index (χ0v) is 22.1. The van der Waals surface area contributed by atoms with Crippen molar-refractivity contribution in [3.05, 3.63) is 93.7 Å². The van der Waals surface area contributed by atoms with E-state index >= 15 is 0 Å². The molecule has 0 saturated heterocycles. The van der Waals surface area contributed by atoms with E-state index in [9.17, 15) is 9.18 Å². The maximum Gasteiger partial charge on any atom is 0.287 e. The fourth-order valence-corrected chi connectivity index (χ4v) is 5.27. The van der Waals surface area contributed by atoms with Gasteiger partial charge in [-0.05, 0) is 103 Å². The van der Waals surface area contributed by atoms with Crippen LogP contribution in [0.1, 0.15) is 98.5 Å². The van der Waals surface area contributed by atoms with E-state index in [4.69, 9.17) is 4.42 Å². The molecule has 0 spiro atoms. The molecule has 4 rings (SSSR count). The van der Waals surface area contributed by atoms with Gasteiger partial charge in [0.25, 0.3) is 5.91 Å². The van der Waals surface area contributed by atoms with Crippen molar-refractivity contribution in [2.24, 2.45) is 0 Å². The summed E-state index contributed by atoms with van der Waals surface area (Å²) in [6.45, 7) is 15.4. The van der Waals surface area contributed by atoms with Crippen molar-refractivity contribution < 1.29 is 13.6 Å².